The van der Waals surface area contributed by atoms with Crippen molar-refractivity contribution in [2.75, 3.05) is 0 Å². The molecule has 12 heavy (non-hydrogen) atoms. The Morgan fingerprint density at radius 2 is 2.00 bits per heavy atom. The van der Waals surface area contributed by atoms with Crippen LogP contribution in [0.15, 0.2) is 0 Å². The molecule has 1 saturated carbocycles. The fraction of sp³-hybridized carbons (Fsp3) is 0.909. The Morgan fingerprint density at radius 3 is 2.25 bits per heavy atom. The highest BCUT2D eigenvalue weighted by Crippen LogP contribution is 2.66. The van der Waals surface area contributed by atoms with E-state index in [1.54, 1.807) is 0 Å². The summed E-state index contributed by atoms with van der Waals surface area (Å²) in [7, 11) is 0. The van der Waals surface area contributed by atoms with Crippen LogP contribution < -0.4 is 0 Å². The Labute approximate surface area is 75.5 Å². The first-order valence-corrected chi connectivity index (χ1v) is 4.96. The van der Waals surface area contributed by atoms with Crippen molar-refractivity contribution in [3.05, 3.63) is 0 Å². The van der Waals surface area contributed by atoms with E-state index >= 15 is 0 Å². The Balaban J connectivity index is 2.65. The van der Waals surface area contributed by atoms with Crippen molar-refractivity contribution < 1.29 is 4.79 Å². The Bertz CT molecular complexity index is 183. The lowest BCUT2D eigenvalue weighted by Crippen LogP contribution is -2.20. The average Bonchev–Trinajstić information content (AvgIpc) is 2.55. The second-order valence-electron chi connectivity index (χ2n) is 4.91. The first kappa shape index (κ1) is 9.76. The predicted octanol–water partition coefficient (Wildman–Crippen LogP) is 3.04. The molecule has 0 amide bonds. The first-order valence-electron chi connectivity index (χ1n) is 4.96. The van der Waals surface area contributed by atoms with E-state index in [2.05, 4.69) is 27.7 Å². The minimum Gasteiger partial charge on any atom is -0.303 e. The lowest BCUT2D eigenvalue weighted by atomic mass is 9.82. The van der Waals surface area contributed by atoms with Crippen LogP contribution in [0.5, 0.6) is 0 Å². The number of hydrogen-bond donors (Lipinski definition) is 0. The summed E-state index contributed by atoms with van der Waals surface area (Å²) in [6.45, 7) is 8.80. The molecule has 1 aliphatic carbocycles. The highest BCUT2D eigenvalue weighted by atomic mass is 16.1. The van der Waals surface area contributed by atoms with Gasteiger partial charge in [0.25, 0.3) is 0 Å². The third-order valence-corrected chi connectivity index (χ3v) is 3.68. The Hall–Kier alpha value is -0.330. The van der Waals surface area contributed by atoms with Gasteiger partial charge >= 0.3 is 0 Å². The molecule has 1 rings (SSSR count). The molecule has 0 heterocycles. The van der Waals surface area contributed by atoms with E-state index in [9.17, 15) is 4.79 Å². The van der Waals surface area contributed by atoms with Crippen molar-refractivity contribution in [3.8, 4) is 0 Å². The topological polar surface area (TPSA) is 17.1 Å². The average molecular weight is 168 g/mol. The fourth-order valence-electron chi connectivity index (χ4n) is 2.54. The van der Waals surface area contributed by atoms with Gasteiger partial charge in [-0.05, 0) is 17.8 Å². The molecule has 70 valence electrons. The maximum Gasteiger partial charge on any atom is 0.126 e. The lowest BCUT2D eigenvalue weighted by molar-refractivity contribution is -0.115. The molecule has 1 aliphatic rings. The summed E-state index contributed by atoms with van der Waals surface area (Å²) in [5.74, 6) is 0.565. The van der Waals surface area contributed by atoms with Crippen LogP contribution in [-0.4, -0.2) is 6.29 Å². The SMILES string of the molecule is CCCC(C)C1(C=O)CC1(C)C. The minimum atomic E-state index is 0.0169. The second-order valence-corrected chi connectivity index (χ2v) is 4.91. The van der Waals surface area contributed by atoms with Gasteiger partial charge in [0, 0.05) is 5.41 Å². The van der Waals surface area contributed by atoms with E-state index in [1.165, 1.54) is 19.1 Å². The van der Waals surface area contributed by atoms with E-state index in [0.717, 1.165) is 6.42 Å². The van der Waals surface area contributed by atoms with Crippen molar-refractivity contribution >= 4 is 6.29 Å². The molecule has 1 nitrogen and oxygen atoms in total. The molecule has 0 aromatic carbocycles. The summed E-state index contributed by atoms with van der Waals surface area (Å²) in [4.78, 5) is 11.0. The maximum atomic E-state index is 11.0. The Kier molecular flexibility index (Phi) is 2.33. The van der Waals surface area contributed by atoms with Crippen molar-refractivity contribution in [1.82, 2.24) is 0 Å². The van der Waals surface area contributed by atoms with Crippen molar-refractivity contribution in [3.63, 3.8) is 0 Å². The minimum absolute atomic E-state index is 0.0169. The summed E-state index contributed by atoms with van der Waals surface area (Å²) >= 11 is 0. The fourth-order valence-corrected chi connectivity index (χ4v) is 2.54. The van der Waals surface area contributed by atoms with Gasteiger partial charge in [0.05, 0.1) is 0 Å². The summed E-state index contributed by atoms with van der Waals surface area (Å²) < 4.78 is 0. The third kappa shape index (κ3) is 1.19. The third-order valence-electron chi connectivity index (χ3n) is 3.68. The smallest absolute Gasteiger partial charge is 0.126 e. The number of hydrogen-bond acceptors (Lipinski definition) is 1. The molecule has 0 aromatic rings. The monoisotopic (exact) mass is 168 g/mol. The molecule has 0 saturated heterocycles. The summed E-state index contributed by atoms with van der Waals surface area (Å²) in [6, 6.07) is 0. The van der Waals surface area contributed by atoms with Gasteiger partial charge in [0.15, 0.2) is 0 Å². The van der Waals surface area contributed by atoms with Crippen LogP contribution in [0.4, 0.5) is 0 Å². The van der Waals surface area contributed by atoms with Gasteiger partial charge in [-0.15, -0.1) is 0 Å². The van der Waals surface area contributed by atoms with Crippen molar-refractivity contribution in [1.29, 1.82) is 0 Å². The zero-order valence-electron chi connectivity index (χ0n) is 8.68. The van der Waals surface area contributed by atoms with Gasteiger partial charge in [0.1, 0.15) is 6.29 Å². The second kappa shape index (κ2) is 2.86. The molecule has 1 fully saturated rings. The standard InChI is InChI=1S/C11H20O/c1-5-6-9(2)11(8-12)7-10(11,3)4/h8-9H,5-7H2,1-4H3. The van der Waals surface area contributed by atoms with Crippen LogP contribution in [0.1, 0.15) is 47.0 Å². The van der Waals surface area contributed by atoms with Crippen molar-refractivity contribution in [2.45, 2.75) is 47.0 Å². The molecule has 2 unspecified atom stereocenters. The van der Waals surface area contributed by atoms with E-state index in [1.807, 2.05) is 0 Å². The van der Waals surface area contributed by atoms with Crippen LogP contribution in [0.25, 0.3) is 0 Å². The molecule has 0 N–H and O–H groups in total. The molecule has 0 spiro atoms. The molecule has 2 atom stereocenters. The van der Waals surface area contributed by atoms with Crippen LogP contribution in [0.2, 0.25) is 0 Å². The van der Waals surface area contributed by atoms with E-state index in [4.69, 9.17) is 0 Å². The summed E-state index contributed by atoms with van der Waals surface area (Å²) in [6.07, 6.45) is 4.66. The zero-order valence-corrected chi connectivity index (χ0v) is 8.68. The molecule has 0 radical (unpaired) electrons. The van der Waals surface area contributed by atoms with E-state index in [0.29, 0.717) is 5.92 Å². The summed E-state index contributed by atoms with van der Waals surface area (Å²) in [5, 5.41) is 0. The van der Waals surface area contributed by atoms with Crippen LogP contribution in [-0.2, 0) is 4.79 Å². The van der Waals surface area contributed by atoms with Gasteiger partial charge in [-0.1, -0.05) is 40.5 Å². The van der Waals surface area contributed by atoms with Gasteiger partial charge in [-0.2, -0.15) is 0 Å². The van der Waals surface area contributed by atoms with Crippen LogP contribution in [0.3, 0.4) is 0 Å². The molecule has 0 bridgehead atoms. The Morgan fingerprint density at radius 1 is 1.50 bits per heavy atom. The summed E-state index contributed by atoms with van der Waals surface area (Å²) in [5.41, 5.74) is 0.284. The van der Waals surface area contributed by atoms with Gasteiger partial charge in [0.2, 0.25) is 0 Å². The molecular weight excluding hydrogens is 148 g/mol. The quantitative estimate of drug-likeness (QED) is 0.590. The zero-order chi connectivity index (χ0) is 9.41. The predicted molar refractivity (Wildman–Crippen MR) is 51.0 cm³/mol. The highest BCUT2D eigenvalue weighted by molar-refractivity contribution is 5.67. The van der Waals surface area contributed by atoms with Crippen LogP contribution in [0, 0.1) is 16.7 Å². The van der Waals surface area contributed by atoms with E-state index in [-0.39, 0.29) is 10.8 Å². The number of carbonyl (C=O) groups excluding carboxylic acids is 1. The first-order chi connectivity index (χ1) is 5.50. The van der Waals surface area contributed by atoms with Gasteiger partial charge in [-0.25, -0.2) is 0 Å². The molecule has 0 aromatic heterocycles. The normalized spacial score (nSPS) is 34.3. The number of carbonyl (C=O) groups is 1. The van der Waals surface area contributed by atoms with Crippen LogP contribution >= 0.6 is 0 Å². The molecular formula is C11H20O. The van der Waals surface area contributed by atoms with Gasteiger partial charge in [-0.3, -0.25) is 0 Å². The largest absolute Gasteiger partial charge is 0.303 e. The molecule has 0 aliphatic heterocycles. The van der Waals surface area contributed by atoms with Gasteiger partial charge < -0.3 is 4.79 Å². The maximum absolute atomic E-state index is 11.0. The van der Waals surface area contributed by atoms with E-state index < -0.39 is 0 Å². The van der Waals surface area contributed by atoms with Crippen molar-refractivity contribution in [2.24, 2.45) is 16.7 Å². The highest BCUT2D eigenvalue weighted by Gasteiger charge is 2.63. The number of aldehydes is 1. The lowest BCUT2D eigenvalue weighted by Gasteiger charge is -2.21. The number of rotatable bonds is 4. The molecule has 1 heteroatoms.